The maximum atomic E-state index is 11.4. The highest BCUT2D eigenvalue weighted by Crippen LogP contribution is 2.49. The summed E-state index contributed by atoms with van der Waals surface area (Å²) in [5, 5.41) is 23.5. The van der Waals surface area contributed by atoms with Crippen molar-refractivity contribution in [2.24, 2.45) is 0 Å². The molecule has 0 fully saturated rings. The Bertz CT molecular complexity index is 1850. The normalized spacial score (nSPS) is 16.1. The van der Waals surface area contributed by atoms with Crippen molar-refractivity contribution in [3.05, 3.63) is 101 Å². The van der Waals surface area contributed by atoms with E-state index in [1.807, 2.05) is 36.4 Å². The number of phenolic OH excluding ortho intramolecular Hbond substituents is 2. The molecule has 2 N–H and O–H groups in total. The number of aromatic nitrogens is 1. The number of ether oxygens (including phenoxy) is 4. The lowest BCUT2D eigenvalue weighted by molar-refractivity contribution is 0.228. The Labute approximate surface area is 249 Å². The number of fused-ring (bicyclic) bond motifs is 2. The van der Waals surface area contributed by atoms with Crippen molar-refractivity contribution < 1.29 is 29.2 Å². The van der Waals surface area contributed by atoms with E-state index in [0.717, 1.165) is 41.5 Å². The average Bonchev–Trinajstić information content (AvgIpc) is 3.01. The van der Waals surface area contributed by atoms with Crippen LogP contribution in [-0.2, 0) is 19.3 Å². The number of phenols is 2. The molecule has 0 unspecified atom stereocenters. The molecule has 0 saturated heterocycles. The molecule has 0 radical (unpaired) electrons. The van der Waals surface area contributed by atoms with Gasteiger partial charge in [-0.1, -0.05) is 18.2 Å². The quantitative estimate of drug-likeness (QED) is 0.234. The zero-order chi connectivity index (χ0) is 29.7. The van der Waals surface area contributed by atoms with Gasteiger partial charge < -0.3 is 29.2 Å². The largest absolute Gasteiger partial charge is 0.504 e. The zero-order valence-corrected chi connectivity index (χ0v) is 24.3. The first-order valence-electron chi connectivity index (χ1n) is 14.3. The van der Waals surface area contributed by atoms with Crippen molar-refractivity contribution in [3.8, 4) is 46.0 Å². The van der Waals surface area contributed by atoms with Crippen molar-refractivity contribution in [1.82, 2.24) is 9.88 Å². The smallest absolute Gasteiger partial charge is 0.202 e. The second-order valence-electron chi connectivity index (χ2n) is 11.1. The molecule has 8 rings (SSSR count). The topological polar surface area (TPSA) is 93.5 Å². The van der Waals surface area contributed by atoms with E-state index in [2.05, 4.69) is 30.1 Å². The number of pyridine rings is 1. The zero-order valence-electron chi connectivity index (χ0n) is 24.3. The number of benzene rings is 4. The van der Waals surface area contributed by atoms with Crippen LogP contribution in [0.15, 0.2) is 72.9 Å². The third kappa shape index (κ3) is 4.83. The van der Waals surface area contributed by atoms with Gasteiger partial charge in [0.1, 0.15) is 5.75 Å². The van der Waals surface area contributed by atoms with Gasteiger partial charge in [0.05, 0.1) is 25.3 Å². The van der Waals surface area contributed by atoms with E-state index in [4.69, 9.17) is 23.9 Å². The third-order valence-corrected chi connectivity index (χ3v) is 8.48. The standard InChI is InChI=1S/C35H32N2O6/c1-37-13-11-22-17-30(40-2)31-19-25(22)27(37)15-20-4-7-24(8-5-20)42-29-16-21(6-9-28(29)38)14-26-33-23(10-12-36-26)18-32(41-3)34(39)35(33)43-31/h4-10,12,16-19,27,38-39H,11,13-15H2,1-3H3/t27-/m0/s1. The van der Waals surface area contributed by atoms with E-state index in [-0.39, 0.29) is 23.3 Å². The molecule has 4 heterocycles. The van der Waals surface area contributed by atoms with Gasteiger partial charge in [0, 0.05) is 25.2 Å². The van der Waals surface area contributed by atoms with E-state index in [1.54, 1.807) is 25.4 Å². The maximum Gasteiger partial charge on any atom is 0.202 e. The molecule has 3 aliphatic heterocycles. The van der Waals surface area contributed by atoms with Gasteiger partial charge in [0.15, 0.2) is 34.5 Å². The van der Waals surface area contributed by atoms with Gasteiger partial charge in [-0.3, -0.25) is 9.88 Å². The van der Waals surface area contributed by atoms with Gasteiger partial charge in [-0.05, 0) is 96.1 Å². The van der Waals surface area contributed by atoms with Gasteiger partial charge in [0.25, 0.3) is 0 Å². The van der Waals surface area contributed by atoms with Gasteiger partial charge in [0.2, 0.25) is 5.75 Å². The van der Waals surface area contributed by atoms with Crippen molar-refractivity contribution in [3.63, 3.8) is 0 Å². The SMILES string of the molecule is COc1cc2c3cc1Oc1c(O)c(OC)cc4ccnc(c14)Cc1ccc(O)c(c1)Oc1ccc(cc1)C[C@@H]3N(C)CC2. The summed E-state index contributed by atoms with van der Waals surface area (Å²) in [5.41, 5.74) is 5.06. The second kappa shape index (κ2) is 10.7. The van der Waals surface area contributed by atoms with Crippen LogP contribution < -0.4 is 18.9 Å². The molecule has 1 aromatic heterocycles. The average molecular weight is 577 g/mol. The first kappa shape index (κ1) is 26.9. The number of likely N-dealkylation sites (N-methyl/N-ethyl adjacent to an activating group) is 1. The van der Waals surface area contributed by atoms with E-state index < -0.39 is 0 Å². The van der Waals surface area contributed by atoms with Gasteiger partial charge >= 0.3 is 0 Å². The number of rotatable bonds is 2. The number of hydrogen-bond donors (Lipinski definition) is 2. The molecule has 1 atom stereocenters. The highest BCUT2D eigenvalue weighted by molar-refractivity contribution is 5.95. The maximum absolute atomic E-state index is 11.4. The van der Waals surface area contributed by atoms with Crippen LogP contribution in [0.3, 0.4) is 0 Å². The minimum Gasteiger partial charge on any atom is -0.504 e. The lowest BCUT2D eigenvalue weighted by atomic mass is 9.88. The summed E-state index contributed by atoms with van der Waals surface area (Å²) in [5.74, 6) is 2.52. The van der Waals surface area contributed by atoms with Crippen LogP contribution in [-0.4, -0.2) is 47.9 Å². The Morgan fingerprint density at radius 2 is 1.65 bits per heavy atom. The summed E-state index contributed by atoms with van der Waals surface area (Å²) < 4.78 is 24.1. The van der Waals surface area contributed by atoms with Crippen molar-refractivity contribution in [2.75, 3.05) is 27.8 Å². The van der Waals surface area contributed by atoms with Crippen LogP contribution in [0.2, 0.25) is 0 Å². The Balaban J connectivity index is 1.48. The van der Waals surface area contributed by atoms with Crippen LogP contribution in [0.4, 0.5) is 0 Å². The Kier molecular flexibility index (Phi) is 6.70. The van der Waals surface area contributed by atoms with E-state index in [9.17, 15) is 10.2 Å². The molecular formula is C35H32N2O6. The monoisotopic (exact) mass is 576 g/mol. The molecule has 8 heteroatoms. The van der Waals surface area contributed by atoms with E-state index in [0.29, 0.717) is 46.2 Å². The fraction of sp³-hybridized carbons (Fsp3) is 0.229. The summed E-state index contributed by atoms with van der Waals surface area (Å²) in [6.07, 6.45) is 3.78. The van der Waals surface area contributed by atoms with Crippen LogP contribution in [0, 0.1) is 0 Å². The van der Waals surface area contributed by atoms with Crippen LogP contribution in [0.1, 0.15) is 34.0 Å². The van der Waals surface area contributed by atoms with E-state index >= 15 is 0 Å². The summed E-state index contributed by atoms with van der Waals surface area (Å²) in [6.45, 7) is 0.911. The fourth-order valence-corrected chi connectivity index (χ4v) is 6.17. The van der Waals surface area contributed by atoms with Crippen LogP contribution in [0.25, 0.3) is 10.8 Å². The van der Waals surface area contributed by atoms with Crippen molar-refractivity contribution >= 4 is 10.8 Å². The minimum atomic E-state index is -0.124. The lowest BCUT2D eigenvalue weighted by Gasteiger charge is -2.35. The molecule has 0 spiro atoms. The number of nitrogens with zero attached hydrogens (tertiary/aromatic N) is 2. The fourth-order valence-electron chi connectivity index (χ4n) is 6.17. The lowest BCUT2D eigenvalue weighted by Crippen LogP contribution is -2.33. The molecule has 0 saturated carbocycles. The number of methoxy groups -OCH3 is 2. The van der Waals surface area contributed by atoms with Gasteiger partial charge in [-0.15, -0.1) is 0 Å². The van der Waals surface area contributed by atoms with Crippen molar-refractivity contribution in [2.45, 2.75) is 25.3 Å². The summed E-state index contributed by atoms with van der Waals surface area (Å²) >= 11 is 0. The molecule has 0 amide bonds. The number of hydrogen-bond acceptors (Lipinski definition) is 8. The molecule has 4 aromatic carbocycles. The molecule has 218 valence electrons. The molecule has 0 aliphatic carbocycles. The van der Waals surface area contributed by atoms with Gasteiger partial charge in [-0.25, -0.2) is 0 Å². The molecule has 6 bridgehead atoms. The first-order chi connectivity index (χ1) is 20.9. The molecule has 3 aliphatic rings. The Hall–Kier alpha value is -4.95. The molecule has 5 aromatic rings. The predicted molar refractivity (Wildman–Crippen MR) is 163 cm³/mol. The first-order valence-corrected chi connectivity index (χ1v) is 14.3. The van der Waals surface area contributed by atoms with Crippen molar-refractivity contribution in [1.29, 1.82) is 0 Å². The van der Waals surface area contributed by atoms with Crippen LogP contribution in [0.5, 0.6) is 46.0 Å². The Morgan fingerprint density at radius 3 is 2.44 bits per heavy atom. The third-order valence-electron chi connectivity index (χ3n) is 8.48. The summed E-state index contributed by atoms with van der Waals surface area (Å²) in [6, 6.07) is 21.1. The van der Waals surface area contributed by atoms with Crippen LogP contribution >= 0.6 is 0 Å². The summed E-state index contributed by atoms with van der Waals surface area (Å²) in [4.78, 5) is 7.06. The Morgan fingerprint density at radius 1 is 0.860 bits per heavy atom. The highest BCUT2D eigenvalue weighted by Gasteiger charge is 2.29. The number of aromatic hydroxyl groups is 2. The minimum absolute atomic E-state index is 0.0430. The molecule has 43 heavy (non-hydrogen) atoms. The second-order valence-corrected chi connectivity index (χ2v) is 11.1. The highest BCUT2D eigenvalue weighted by atomic mass is 16.5. The van der Waals surface area contributed by atoms with E-state index in [1.165, 1.54) is 12.7 Å². The summed E-state index contributed by atoms with van der Waals surface area (Å²) in [7, 11) is 5.28. The predicted octanol–water partition coefficient (Wildman–Crippen LogP) is 6.92. The molecular weight excluding hydrogens is 544 g/mol. The molecule has 8 nitrogen and oxygen atoms in total. The van der Waals surface area contributed by atoms with Gasteiger partial charge in [-0.2, -0.15) is 0 Å².